The molecule has 4 nitrogen and oxygen atoms in total. The van der Waals surface area contributed by atoms with E-state index in [-0.39, 0.29) is 17.9 Å². The lowest BCUT2D eigenvalue weighted by Crippen LogP contribution is -2.05. The van der Waals surface area contributed by atoms with Crippen LogP contribution in [-0.2, 0) is 4.74 Å². The first-order valence-corrected chi connectivity index (χ1v) is 7.87. The van der Waals surface area contributed by atoms with Gasteiger partial charge >= 0.3 is 5.97 Å². The van der Waals surface area contributed by atoms with Gasteiger partial charge in [0.05, 0.1) is 18.0 Å². The van der Waals surface area contributed by atoms with Gasteiger partial charge in [0, 0.05) is 5.56 Å². The molecule has 0 aliphatic carbocycles. The Balaban J connectivity index is 2.23. The highest BCUT2D eigenvalue weighted by Gasteiger charge is 2.26. The van der Waals surface area contributed by atoms with Crippen molar-refractivity contribution >= 4 is 5.97 Å². The van der Waals surface area contributed by atoms with Crippen LogP contribution in [0.1, 0.15) is 22.8 Å². The van der Waals surface area contributed by atoms with Crippen molar-refractivity contribution in [3.8, 4) is 28.3 Å². The number of nitrogens with one attached hydrogen (secondary N) is 1. The number of aromatic nitrogens is 1. The first-order chi connectivity index (χ1) is 11.6. The second kappa shape index (κ2) is 6.62. The average Bonchev–Trinajstić information content (AvgIpc) is 2.94. The fourth-order valence-electron chi connectivity index (χ4n) is 2.76. The summed E-state index contributed by atoms with van der Waals surface area (Å²) in [7, 11) is 0. The van der Waals surface area contributed by atoms with E-state index < -0.39 is 5.97 Å². The molecule has 4 heteroatoms. The van der Waals surface area contributed by atoms with Gasteiger partial charge in [0.25, 0.3) is 0 Å². The van der Waals surface area contributed by atoms with Crippen molar-refractivity contribution in [1.82, 2.24) is 4.98 Å². The van der Waals surface area contributed by atoms with Crippen LogP contribution in [0.4, 0.5) is 0 Å². The minimum atomic E-state index is -0.537. The minimum absolute atomic E-state index is 0.0818. The summed E-state index contributed by atoms with van der Waals surface area (Å²) in [5.41, 5.74) is 3.92. The summed E-state index contributed by atoms with van der Waals surface area (Å²) >= 11 is 0. The van der Waals surface area contributed by atoms with Crippen molar-refractivity contribution in [2.75, 3.05) is 6.61 Å². The summed E-state index contributed by atoms with van der Waals surface area (Å²) in [5.74, 6) is -0.619. The third kappa shape index (κ3) is 2.78. The van der Waals surface area contributed by atoms with E-state index in [4.69, 9.17) is 4.74 Å². The molecule has 0 aliphatic rings. The Kier molecular flexibility index (Phi) is 4.38. The Morgan fingerprint density at radius 1 is 1.04 bits per heavy atom. The van der Waals surface area contributed by atoms with Gasteiger partial charge in [0.15, 0.2) is 5.75 Å². The first-order valence-electron chi connectivity index (χ1n) is 7.87. The van der Waals surface area contributed by atoms with Crippen LogP contribution in [0.15, 0.2) is 54.6 Å². The summed E-state index contributed by atoms with van der Waals surface area (Å²) in [5, 5.41) is 10.7. The van der Waals surface area contributed by atoms with Gasteiger partial charge in [-0.05, 0) is 25.0 Å². The molecule has 24 heavy (non-hydrogen) atoms. The van der Waals surface area contributed by atoms with Crippen molar-refractivity contribution < 1.29 is 14.6 Å². The molecular weight excluding hydrogens is 302 g/mol. The molecule has 0 saturated carbocycles. The SMILES string of the molecule is CCOC(=O)c1c(-c2ccccc2)[nH]c(-c2ccccc2C)c1O. The smallest absolute Gasteiger partial charge is 0.344 e. The Morgan fingerprint density at radius 3 is 2.38 bits per heavy atom. The van der Waals surface area contributed by atoms with E-state index in [2.05, 4.69) is 4.98 Å². The van der Waals surface area contributed by atoms with E-state index in [9.17, 15) is 9.90 Å². The van der Waals surface area contributed by atoms with Crippen molar-refractivity contribution in [1.29, 1.82) is 0 Å². The monoisotopic (exact) mass is 321 g/mol. The van der Waals surface area contributed by atoms with Gasteiger partial charge in [-0.3, -0.25) is 0 Å². The quantitative estimate of drug-likeness (QED) is 0.694. The van der Waals surface area contributed by atoms with Crippen LogP contribution in [0.25, 0.3) is 22.5 Å². The van der Waals surface area contributed by atoms with Crippen LogP contribution in [0.5, 0.6) is 5.75 Å². The van der Waals surface area contributed by atoms with Crippen LogP contribution < -0.4 is 0 Å². The average molecular weight is 321 g/mol. The number of hydrogen-bond donors (Lipinski definition) is 2. The zero-order valence-electron chi connectivity index (χ0n) is 13.7. The molecule has 0 saturated heterocycles. The second-order valence-corrected chi connectivity index (χ2v) is 5.50. The highest BCUT2D eigenvalue weighted by molar-refractivity contribution is 6.02. The molecule has 1 heterocycles. The Bertz CT molecular complexity index is 866. The summed E-state index contributed by atoms with van der Waals surface area (Å²) in [6.07, 6.45) is 0. The van der Waals surface area contributed by atoms with E-state index in [0.29, 0.717) is 11.4 Å². The molecule has 0 radical (unpaired) electrons. The molecule has 0 bridgehead atoms. The lowest BCUT2D eigenvalue weighted by molar-refractivity contribution is 0.0524. The van der Waals surface area contributed by atoms with Gasteiger partial charge in [0.1, 0.15) is 5.56 Å². The van der Waals surface area contributed by atoms with Crippen LogP contribution in [0.3, 0.4) is 0 Å². The highest BCUT2D eigenvalue weighted by Crippen LogP contribution is 2.40. The Hall–Kier alpha value is -3.01. The van der Waals surface area contributed by atoms with E-state index >= 15 is 0 Å². The largest absolute Gasteiger partial charge is 0.505 e. The standard InChI is InChI=1S/C20H19NO3/c1-3-24-20(23)16-17(14-10-5-4-6-11-14)21-18(19(16)22)15-12-8-7-9-13(15)2/h4-12,21-22H,3H2,1-2H3. The molecule has 2 N–H and O–H groups in total. The molecular formula is C20H19NO3. The lowest BCUT2D eigenvalue weighted by Gasteiger charge is -2.05. The summed E-state index contributed by atoms with van der Waals surface area (Å²) in [4.78, 5) is 15.6. The van der Waals surface area contributed by atoms with Crippen molar-refractivity contribution in [2.45, 2.75) is 13.8 Å². The van der Waals surface area contributed by atoms with Crippen molar-refractivity contribution in [3.63, 3.8) is 0 Å². The molecule has 122 valence electrons. The van der Waals surface area contributed by atoms with Crippen LogP contribution in [0.2, 0.25) is 0 Å². The van der Waals surface area contributed by atoms with Crippen LogP contribution in [0, 0.1) is 6.92 Å². The van der Waals surface area contributed by atoms with Gasteiger partial charge < -0.3 is 14.8 Å². The predicted octanol–water partition coefficient (Wildman–Crippen LogP) is 4.54. The zero-order valence-corrected chi connectivity index (χ0v) is 13.7. The van der Waals surface area contributed by atoms with Crippen molar-refractivity contribution in [2.24, 2.45) is 0 Å². The Morgan fingerprint density at radius 2 is 1.71 bits per heavy atom. The van der Waals surface area contributed by atoms with Gasteiger partial charge in [-0.15, -0.1) is 0 Å². The van der Waals surface area contributed by atoms with Crippen molar-refractivity contribution in [3.05, 3.63) is 65.7 Å². The van der Waals surface area contributed by atoms with Gasteiger partial charge in [-0.1, -0.05) is 54.6 Å². The number of ether oxygens (including phenoxy) is 1. The van der Waals surface area contributed by atoms with Gasteiger partial charge in [-0.2, -0.15) is 0 Å². The summed E-state index contributed by atoms with van der Waals surface area (Å²) in [6, 6.07) is 17.1. The van der Waals surface area contributed by atoms with E-state index in [1.165, 1.54) is 0 Å². The predicted molar refractivity (Wildman–Crippen MR) is 94.0 cm³/mol. The van der Waals surface area contributed by atoms with Gasteiger partial charge in [0.2, 0.25) is 0 Å². The molecule has 0 unspecified atom stereocenters. The first kappa shape index (κ1) is 15.9. The number of aromatic amines is 1. The number of carbonyl (C=O) groups is 1. The fourth-order valence-corrected chi connectivity index (χ4v) is 2.76. The molecule has 0 fully saturated rings. The summed E-state index contributed by atoms with van der Waals surface area (Å²) < 4.78 is 5.13. The number of aryl methyl sites for hydroxylation is 1. The van der Waals surface area contributed by atoms with E-state index in [1.807, 2.05) is 61.5 Å². The number of hydrogen-bond acceptors (Lipinski definition) is 3. The molecule has 0 amide bonds. The third-order valence-corrected chi connectivity index (χ3v) is 3.93. The van der Waals surface area contributed by atoms with Crippen LogP contribution >= 0.6 is 0 Å². The third-order valence-electron chi connectivity index (χ3n) is 3.93. The maximum absolute atomic E-state index is 12.4. The number of aromatic hydroxyl groups is 1. The Labute approximate surface area is 140 Å². The maximum atomic E-state index is 12.4. The van der Waals surface area contributed by atoms with Crippen LogP contribution in [-0.4, -0.2) is 22.7 Å². The topological polar surface area (TPSA) is 62.3 Å². The second-order valence-electron chi connectivity index (χ2n) is 5.50. The molecule has 3 rings (SSSR count). The lowest BCUT2D eigenvalue weighted by atomic mass is 10.0. The number of benzene rings is 2. The molecule has 3 aromatic rings. The molecule has 0 aliphatic heterocycles. The fraction of sp³-hybridized carbons (Fsp3) is 0.150. The zero-order chi connectivity index (χ0) is 17.1. The maximum Gasteiger partial charge on any atom is 0.344 e. The number of H-pyrrole nitrogens is 1. The molecule has 1 aromatic heterocycles. The molecule has 0 atom stereocenters. The highest BCUT2D eigenvalue weighted by atomic mass is 16.5. The van der Waals surface area contributed by atoms with Gasteiger partial charge in [-0.25, -0.2) is 4.79 Å². The normalized spacial score (nSPS) is 10.6. The summed E-state index contributed by atoms with van der Waals surface area (Å²) in [6.45, 7) is 3.95. The molecule has 2 aromatic carbocycles. The molecule has 0 spiro atoms. The van der Waals surface area contributed by atoms with E-state index in [1.54, 1.807) is 6.92 Å². The number of rotatable bonds is 4. The number of carbonyl (C=O) groups excluding carboxylic acids is 1. The minimum Gasteiger partial charge on any atom is -0.505 e. The number of esters is 1. The van der Waals surface area contributed by atoms with E-state index in [0.717, 1.165) is 16.7 Å².